The van der Waals surface area contributed by atoms with Crippen molar-refractivity contribution in [2.45, 2.75) is 88.5 Å². The molecule has 10 N–H and O–H groups in total. The molecule has 5 heterocycles. The van der Waals surface area contributed by atoms with Crippen LogP contribution in [0.5, 0.6) is 0 Å². The van der Waals surface area contributed by atoms with Crippen LogP contribution in [0.25, 0.3) is 0 Å². The number of aryl methyl sites for hydroxylation is 1. The fourth-order valence-corrected chi connectivity index (χ4v) is 5.11. The fourth-order valence-electron chi connectivity index (χ4n) is 5.11. The number of hydrogen-bond acceptors (Lipinski definition) is 13. The second kappa shape index (κ2) is 17.5. The number of carbonyl (C=O) groups is 3. The molecule has 260 valence electrons. The second-order valence-electron chi connectivity index (χ2n) is 11.2. The van der Waals surface area contributed by atoms with Crippen molar-refractivity contribution in [2.75, 3.05) is 19.8 Å². The maximum Gasteiger partial charge on any atom is 0.304 e. The van der Waals surface area contributed by atoms with Crippen LogP contribution in [-0.4, -0.2) is 111 Å². The first-order valence-electron chi connectivity index (χ1n) is 14.9. The normalized spacial score (nSPS) is 29.7. The minimum Gasteiger partial charge on any atom is -0.436 e. The van der Waals surface area contributed by atoms with Crippen molar-refractivity contribution >= 4 is 17.8 Å². The molecule has 0 spiro atoms. The molecule has 3 saturated heterocycles. The molecule has 9 unspecified atom stereocenters. The van der Waals surface area contributed by atoms with Crippen LogP contribution < -0.4 is 20.6 Å². The molecule has 3 aliphatic heterocycles. The average Bonchev–Trinajstić information content (AvgIpc) is 3.72. The molecule has 0 saturated carbocycles. The van der Waals surface area contributed by atoms with Gasteiger partial charge in [0.25, 0.3) is 24.3 Å². The molecule has 0 bridgehead atoms. The van der Waals surface area contributed by atoms with Crippen molar-refractivity contribution in [1.29, 1.82) is 0 Å². The Balaban J connectivity index is 0.000000196. The molecule has 2 aromatic heterocycles. The Labute approximate surface area is 270 Å². The number of aromatic nitrogens is 2. The van der Waals surface area contributed by atoms with Gasteiger partial charge in [0, 0.05) is 25.0 Å². The Morgan fingerprint density at radius 1 is 0.787 bits per heavy atom. The topological polar surface area (TPSA) is 269 Å². The highest BCUT2D eigenvalue weighted by atomic mass is 16.7. The van der Waals surface area contributed by atoms with Crippen molar-refractivity contribution in [3.63, 3.8) is 0 Å². The number of esters is 1. The molecular formula is C30H44N4O13+2. The molecule has 17 nitrogen and oxygen atoms in total. The lowest BCUT2D eigenvalue weighted by molar-refractivity contribution is -0.760. The highest BCUT2D eigenvalue weighted by Crippen LogP contribution is 2.25. The Bertz CT molecular complexity index is 1360. The number of nitrogens with two attached hydrogens (primary N) is 2. The summed E-state index contributed by atoms with van der Waals surface area (Å²) in [5, 5.41) is 55.2. The summed E-state index contributed by atoms with van der Waals surface area (Å²) in [5.41, 5.74) is 12.1. The summed E-state index contributed by atoms with van der Waals surface area (Å²) in [6.07, 6.45) is 2.23. The maximum absolute atomic E-state index is 11.2. The van der Waals surface area contributed by atoms with Crippen LogP contribution in [0.2, 0.25) is 0 Å². The van der Waals surface area contributed by atoms with Gasteiger partial charge in [-0.1, -0.05) is 0 Å². The van der Waals surface area contributed by atoms with Crippen LogP contribution in [0.3, 0.4) is 0 Å². The van der Waals surface area contributed by atoms with E-state index < -0.39 is 66.9 Å². The van der Waals surface area contributed by atoms with Crippen molar-refractivity contribution in [3.05, 3.63) is 59.7 Å². The van der Waals surface area contributed by atoms with E-state index in [1.807, 2.05) is 13.1 Å². The minimum absolute atomic E-state index is 0.227. The molecule has 47 heavy (non-hydrogen) atoms. The van der Waals surface area contributed by atoms with E-state index >= 15 is 0 Å². The van der Waals surface area contributed by atoms with E-state index in [9.17, 15) is 29.7 Å². The number of ether oxygens (including phenoxy) is 4. The predicted molar refractivity (Wildman–Crippen MR) is 156 cm³/mol. The third-order valence-corrected chi connectivity index (χ3v) is 7.52. The Morgan fingerprint density at radius 2 is 1.28 bits per heavy atom. The summed E-state index contributed by atoms with van der Waals surface area (Å²) in [6.45, 7) is 2.39. The van der Waals surface area contributed by atoms with Gasteiger partial charge in [0.2, 0.25) is 6.29 Å². The number of aliphatic hydroxyl groups excluding tert-OH is 6. The van der Waals surface area contributed by atoms with Gasteiger partial charge in [-0.05, 0) is 19.1 Å². The van der Waals surface area contributed by atoms with Crippen LogP contribution in [-0.2, 0) is 23.7 Å². The summed E-state index contributed by atoms with van der Waals surface area (Å²) < 4.78 is 24.0. The van der Waals surface area contributed by atoms with Crippen molar-refractivity contribution in [2.24, 2.45) is 11.5 Å². The van der Waals surface area contributed by atoms with Gasteiger partial charge in [0.15, 0.2) is 24.8 Å². The largest absolute Gasteiger partial charge is 0.436 e. The third kappa shape index (κ3) is 10.7. The molecule has 17 heteroatoms. The van der Waals surface area contributed by atoms with Crippen molar-refractivity contribution < 1.29 is 73.1 Å². The molecule has 0 radical (unpaired) electrons. The molecule has 0 aromatic carbocycles. The van der Waals surface area contributed by atoms with Gasteiger partial charge in [-0.25, -0.2) is 0 Å². The SMILES string of the molecule is CC(=O)OC1CC(O)C(CO)O1.Cc1cc(C(N)=O)c[n+](C2CC(O)C(CO)O2)c1.NC(=O)c1ccc[n+](C2CC(O)C(CO)O2)c1. The van der Waals surface area contributed by atoms with Gasteiger partial charge in [-0.15, -0.1) is 0 Å². The maximum atomic E-state index is 11.2. The number of pyridine rings is 2. The van der Waals surface area contributed by atoms with Crippen LogP contribution >= 0.6 is 0 Å². The molecule has 2 aromatic rings. The number of amides is 2. The zero-order valence-electron chi connectivity index (χ0n) is 26.1. The van der Waals surface area contributed by atoms with E-state index in [0.29, 0.717) is 24.0 Å². The van der Waals surface area contributed by atoms with Crippen LogP contribution in [0, 0.1) is 6.92 Å². The smallest absolute Gasteiger partial charge is 0.304 e. The van der Waals surface area contributed by atoms with Crippen molar-refractivity contribution in [1.82, 2.24) is 0 Å². The lowest BCUT2D eigenvalue weighted by Gasteiger charge is -2.11. The zero-order valence-corrected chi connectivity index (χ0v) is 26.1. The molecular weight excluding hydrogens is 624 g/mol. The Morgan fingerprint density at radius 3 is 1.74 bits per heavy atom. The molecule has 3 fully saturated rings. The average molecular weight is 669 g/mol. The lowest BCUT2D eigenvalue weighted by atomic mass is 10.1. The van der Waals surface area contributed by atoms with E-state index in [1.54, 1.807) is 45.9 Å². The van der Waals surface area contributed by atoms with Crippen molar-refractivity contribution in [3.8, 4) is 0 Å². The highest BCUT2D eigenvalue weighted by Gasteiger charge is 2.40. The van der Waals surface area contributed by atoms with E-state index in [-0.39, 0.29) is 32.5 Å². The van der Waals surface area contributed by atoms with Gasteiger partial charge in [0.1, 0.15) is 29.4 Å². The lowest BCUT2D eigenvalue weighted by Crippen LogP contribution is -2.40. The van der Waals surface area contributed by atoms with E-state index in [1.165, 1.54) is 6.92 Å². The van der Waals surface area contributed by atoms with Crippen LogP contribution in [0.4, 0.5) is 0 Å². The summed E-state index contributed by atoms with van der Waals surface area (Å²) in [6, 6.07) is 4.98. The fraction of sp³-hybridized carbons (Fsp3) is 0.567. The number of aliphatic hydroxyl groups is 6. The second-order valence-corrected chi connectivity index (χ2v) is 11.2. The van der Waals surface area contributed by atoms with Gasteiger partial charge in [-0.2, -0.15) is 9.13 Å². The first-order valence-corrected chi connectivity index (χ1v) is 14.9. The third-order valence-electron chi connectivity index (χ3n) is 7.52. The summed E-state index contributed by atoms with van der Waals surface area (Å²) in [5.74, 6) is -1.48. The summed E-state index contributed by atoms with van der Waals surface area (Å²) in [4.78, 5) is 32.7. The molecule has 3 aliphatic rings. The Kier molecular flexibility index (Phi) is 14.1. The molecule has 5 rings (SSSR count). The predicted octanol–water partition coefficient (Wildman–Crippen LogP) is -3.25. The first-order chi connectivity index (χ1) is 22.3. The number of primary amides is 2. The van der Waals surface area contributed by atoms with E-state index in [0.717, 1.165) is 5.56 Å². The monoisotopic (exact) mass is 668 g/mol. The summed E-state index contributed by atoms with van der Waals surface area (Å²) >= 11 is 0. The highest BCUT2D eigenvalue weighted by molar-refractivity contribution is 5.92. The Hall–Kier alpha value is -3.65. The number of rotatable bonds is 8. The summed E-state index contributed by atoms with van der Waals surface area (Å²) in [7, 11) is 0. The standard InChI is InChI=1S/C12H16N2O4.C11H14N2O4.C7H12O5/c1-7-2-8(12(13)17)5-14(4-7)11-3-9(16)10(6-15)18-11;12-11(16)7-2-1-3-13(5-7)10-4-8(15)9(6-14)17-10;1-4(9)11-7-2-5(10)6(3-8)12-7/h2,4-5,9-11,15-16H,3,6H2,1H3,(H-,13,17);1-3,5,8-10,14-15H,4,6H2,(H-,12,16);5-8,10H,2-3H2,1H3/p+2. The van der Waals surface area contributed by atoms with Gasteiger partial charge < -0.3 is 61.1 Å². The van der Waals surface area contributed by atoms with E-state index in [4.69, 9.17) is 41.0 Å². The molecule has 9 atom stereocenters. The molecule has 0 aliphatic carbocycles. The van der Waals surface area contributed by atoms with Crippen LogP contribution in [0.1, 0.15) is 64.9 Å². The van der Waals surface area contributed by atoms with Gasteiger partial charge in [0.05, 0.1) is 51.0 Å². The van der Waals surface area contributed by atoms with Gasteiger partial charge in [-0.3, -0.25) is 14.4 Å². The first kappa shape index (κ1) is 37.8. The number of hydrogen-bond donors (Lipinski definition) is 8. The number of carbonyl (C=O) groups excluding carboxylic acids is 3. The quantitative estimate of drug-likeness (QED) is 0.102. The number of nitrogens with zero attached hydrogens (tertiary/aromatic N) is 2. The zero-order chi connectivity index (χ0) is 34.8. The minimum atomic E-state index is -0.751. The van der Waals surface area contributed by atoms with Crippen LogP contribution in [0.15, 0.2) is 43.0 Å². The molecule has 2 amide bonds. The van der Waals surface area contributed by atoms with E-state index in [2.05, 4.69) is 4.74 Å². The van der Waals surface area contributed by atoms with Gasteiger partial charge >= 0.3 is 5.97 Å².